The molecule has 6 heteroatoms. The van der Waals surface area contributed by atoms with Gasteiger partial charge in [-0.15, -0.1) is 0 Å². The predicted molar refractivity (Wildman–Crippen MR) is 95.1 cm³/mol. The predicted octanol–water partition coefficient (Wildman–Crippen LogP) is 4.45. The molecule has 0 radical (unpaired) electrons. The van der Waals surface area contributed by atoms with Crippen LogP contribution in [0.1, 0.15) is 32.3 Å². The van der Waals surface area contributed by atoms with Crippen molar-refractivity contribution in [1.82, 2.24) is 10.3 Å². The Kier molecular flexibility index (Phi) is 5.84. The molecule has 0 spiro atoms. The molecule has 3 rings (SSSR count). The van der Waals surface area contributed by atoms with Crippen LogP contribution in [-0.4, -0.2) is 23.7 Å². The van der Waals surface area contributed by atoms with Crippen molar-refractivity contribution < 1.29 is 18.3 Å². The fourth-order valence-corrected chi connectivity index (χ4v) is 3.26. The van der Waals surface area contributed by atoms with Gasteiger partial charge in [0.15, 0.2) is 11.6 Å². The Morgan fingerprint density at radius 3 is 2.92 bits per heavy atom. The number of aromatic nitrogens is 1. The van der Waals surface area contributed by atoms with Crippen LogP contribution >= 0.6 is 0 Å². The van der Waals surface area contributed by atoms with Crippen molar-refractivity contribution in [3.8, 4) is 11.6 Å². The van der Waals surface area contributed by atoms with Gasteiger partial charge in [-0.25, -0.2) is 13.8 Å². The van der Waals surface area contributed by atoms with Gasteiger partial charge in [-0.3, -0.25) is 0 Å². The summed E-state index contributed by atoms with van der Waals surface area (Å²) in [4.78, 5) is 4.18. The molecule has 1 saturated heterocycles. The number of nitrogens with zero attached hydrogens (tertiary/aromatic N) is 1. The summed E-state index contributed by atoms with van der Waals surface area (Å²) in [6.07, 6.45) is 3.63. The fraction of sp³-hybridized carbons (Fsp3) is 0.450. The van der Waals surface area contributed by atoms with E-state index in [4.69, 9.17) is 9.47 Å². The van der Waals surface area contributed by atoms with Crippen LogP contribution in [0.15, 0.2) is 36.5 Å². The second-order valence-electron chi connectivity index (χ2n) is 7.24. The number of hydrogen-bond donors (Lipinski definition) is 1. The van der Waals surface area contributed by atoms with Crippen molar-refractivity contribution in [2.75, 3.05) is 13.2 Å². The van der Waals surface area contributed by atoms with Crippen molar-refractivity contribution >= 4 is 0 Å². The van der Waals surface area contributed by atoms with Crippen molar-refractivity contribution in [2.24, 2.45) is 5.92 Å². The van der Waals surface area contributed by atoms with Crippen LogP contribution in [0.25, 0.3) is 0 Å². The van der Waals surface area contributed by atoms with Crippen molar-refractivity contribution in [2.45, 2.75) is 38.8 Å². The Morgan fingerprint density at radius 2 is 2.15 bits per heavy atom. The Bertz CT molecular complexity index is 752. The van der Waals surface area contributed by atoms with Gasteiger partial charge in [-0.1, -0.05) is 6.07 Å². The maximum Gasteiger partial charge on any atom is 0.223 e. The maximum absolute atomic E-state index is 13.8. The molecule has 1 N–H and O–H groups in total. The molecule has 140 valence electrons. The second-order valence-corrected chi connectivity index (χ2v) is 7.24. The summed E-state index contributed by atoms with van der Waals surface area (Å²) in [6.45, 7) is 6.44. The molecule has 1 atom stereocenters. The van der Waals surface area contributed by atoms with Crippen LogP contribution in [-0.2, 0) is 11.3 Å². The van der Waals surface area contributed by atoms with Gasteiger partial charge in [0.05, 0.1) is 5.60 Å². The van der Waals surface area contributed by atoms with Gasteiger partial charge in [-0.2, -0.15) is 0 Å². The number of halogens is 2. The summed E-state index contributed by atoms with van der Waals surface area (Å²) < 4.78 is 38.2. The first-order valence-electron chi connectivity index (χ1n) is 8.84. The SMILES string of the molecule is CC1(C)C[C@H](CNCc2cccnc2Oc2ccc(F)cc2F)CCO1. The first-order chi connectivity index (χ1) is 12.4. The van der Waals surface area contributed by atoms with E-state index in [1.165, 1.54) is 6.07 Å². The quantitative estimate of drug-likeness (QED) is 0.825. The molecule has 0 amide bonds. The molecule has 1 fully saturated rings. The number of benzene rings is 1. The summed E-state index contributed by atoms with van der Waals surface area (Å²) in [5.74, 6) is -0.569. The Balaban J connectivity index is 1.60. The van der Waals surface area contributed by atoms with E-state index in [1.54, 1.807) is 6.20 Å². The van der Waals surface area contributed by atoms with Crippen LogP contribution in [0, 0.1) is 17.6 Å². The van der Waals surface area contributed by atoms with E-state index in [0.717, 1.165) is 43.7 Å². The maximum atomic E-state index is 13.8. The molecule has 0 bridgehead atoms. The molecular formula is C20H24F2N2O2. The molecule has 2 heterocycles. The first-order valence-corrected chi connectivity index (χ1v) is 8.84. The van der Waals surface area contributed by atoms with Crippen LogP contribution in [0.5, 0.6) is 11.6 Å². The van der Waals surface area contributed by atoms with Crippen molar-refractivity contribution in [3.05, 3.63) is 53.7 Å². The zero-order valence-corrected chi connectivity index (χ0v) is 15.1. The third kappa shape index (κ3) is 4.99. The Labute approximate surface area is 152 Å². The van der Waals surface area contributed by atoms with Gasteiger partial charge in [-0.05, 0) is 57.4 Å². The average molecular weight is 362 g/mol. The summed E-state index contributed by atoms with van der Waals surface area (Å²) in [5, 5.41) is 3.43. The zero-order chi connectivity index (χ0) is 18.6. The van der Waals surface area contributed by atoms with Crippen LogP contribution < -0.4 is 10.1 Å². The molecule has 1 aromatic heterocycles. The van der Waals surface area contributed by atoms with Crippen molar-refractivity contribution in [1.29, 1.82) is 0 Å². The van der Waals surface area contributed by atoms with E-state index < -0.39 is 11.6 Å². The highest BCUT2D eigenvalue weighted by Gasteiger charge is 2.28. The largest absolute Gasteiger partial charge is 0.436 e. The molecular weight excluding hydrogens is 338 g/mol. The van der Waals surface area contributed by atoms with Gasteiger partial charge in [0, 0.05) is 31.0 Å². The highest BCUT2D eigenvalue weighted by Crippen LogP contribution is 2.29. The number of nitrogens with one attached hydrogen (secondary N) is 1. The average Bonchev–Trinajstić information content (AvgIpc) is 2.58. The smallest absolute Gasteiger partial charge is 0.223 e. The highest BCUT2D eigenvalue weighted by molar-refractivity contribution is 5.33. The van der Waals surface area contributed by atoms with Crippen molar-refractivity contribution in [3.63, 3.8) is 0 Å². The minimum Gasteiger partial charge on any atom is -0.436 e. The lowest BCUT2D eigenvalue weighted by Gasteiger charge is -2.35. The van der Waals surface area contributed by atoms with E-state index in [2.05, 4.69) is 24.1 Å². The summed E-state index contributed by atoms with van der Waals surface area (Å²) >= 11 is 0. The van der Waals surface area contributed by atoms with E-state index in [9.17, 15) is 8.78 Å². The van der Waals surface area contributed by atoms with Gasteiger partial charge in [0.25, 0.3) is 0 Å². The number of rotatable bonds is 6. The van der Waals surface area contributed by atoms with Crippen LogP contribution in [0.2, 0.25) is 0 Å². The first kappa shape index (κ1) is 18.7. The molecule has 0 unspecified atom stereocenters. The van der Waals surface area contributed by atoms with E-state index in [-0.39, 0.29) is 11.4 Å². The molecule has 2 aromatic rings. The normalized spacial score (nSPS) is 19.3. The van der Waals surface area contributed by atoms with Crippen LogP contribution in [0.3, 0.4) is 0 Å². The van der Waals surface area contributed by atoms with E-state index in [1.807, 2.05) is 12.1 Å². The standard InChI is InChI=1S/C20H24F2N2O2/c1-20(2)11-14(7-9-25-20)12-23-13-15-4-3-8-24-19(15)26-18-6-5-16(21)10-17(18)22/h3-6,8,10,14,23H,7,9,11-13H2,1-2H3/t14-/m1/s1. The number of hydrogen-bond acceptors (Lipinski definition) is 4. The summed E-state index contributed by atoms with van der Waals surface area (Å²) in [5.41, 5.74) is 0.746. The third-order valence-electron chi connectivity index (χ3n) is 4.50. The molecule has 1 aromatic carbocycles. The molecule has 1 aliphatic rings. The lowest BCUT2D eigenvalue weighted by Crippen LogP contribution is -2.37. The van der Waals surface area contributed by atoms with Gasteiger partial charge < -0.3 is 14.8 Å². The minimum atomic E-state index is -0.751. The van der Waals surface area contributed by atoms with Gasteiger partial charge in [0.2, 0.25) is 5.88 Å². The van der Waals surface area contributed by atoms with Gasteiger partial charge >= 0.3 is 0 Å². The zero-order valence-electron chi connectivity index (χ0n) is 15.1. The van der Waals surface area contributed by atoms with Crippen LogP contribution in [0.4, 0.5) is 8.78 Å². The summed E-state index contributed by atoms with van der Waals surface area (Å²) in [6, 6.07) is 6.91. The number of pyridine rings is 1. The molecule has 0 aliphatic carbocycles. The molecule has 1 aliphatic heterocycles. The van der Waals surface area contributed by atoms with E-state index >= 15 is 0 Å². The molecule has 4 nitrogen and oxygen atoms in total. The summed E-state index contributed by atoms with van der Waals surface area (Å²) in [7, 11) is 0. The lowest BCUT2D eigenvalue weighted by atomic mass is 9.88. The Morgan fingerprint density at radius 1 is 1.31 bits per heavy atom. The molecule has 0 saturated carbocycles. The lowest BCUT2D eigenvalue weighted by molar-refractivity contribution is -0.0718. The third-order valence-corrected chi connectivity index (χ3v) is 4.50. The van der Waals surface area contributed by atoms with Gasteiger partial charge in [0.1, 0.15) is 5.82 Å². The van der Waals surface area contributed by atoms with E-state index in [0.29, 0.717) is 18.3 Å². The number of ether oxygens (including phenoxy) is 2. The minimum absolute atomic E-state index is 0.0440. The topological polar surface area (TPSA) is 43.4 Å². The Hall–Kier alpha value is -2.05. The molecule has 26 heavy (non-hydrogen) atoms. The monoisotopic (exact) mass is 362 g/mol. The fourth-order valence-electron chi connectivity index (χ4n) is 3.26. The highest BCUT2D eigenvalue weighted by atomic mass is 19.1. The second kappa shape index (κ2) is 8.10.